The molecule has 1 amide bonds. The Labute approximate surface area is 290 Å². The molecule has 1 saturated heterocycles. The highest BCUT2D eigenvalue weighted by molar-refractivity contribution is 6.74. The molecule has 4 N–H and O–H groups in total. The van der Waals surface area contributed by atoms with Crippen molar-refractivity contribution in [1.82, 2.24) is 5.32 Å². The van der Waals surface area contributed by atoms with Gasteiger partial charge in [-0.3, -0.25) is 4.79 Å². The number of rotatable bonds is 12. The number of esters is 1. The molecule has 0 aromatic carbocycles. The van der Waals surface area contributed by atoms with Gasteiger partial charge in [-0.05, 0) is 75.7 Å². The van der Waals surface area contributed by atoms with E-state index in [1.54, 1.807) is 26.0 Å². The summed E-state index contributed by atoms with van der Waals surface area (Å²) in [7, 11) is -2.58. The predicted molar refractivity (Wildman–Crippen MR) is 191 cm³/mol. The summed E-state index contributed by atoms with van der Waals surface area (Å²) in [5, 5.41) is 36.0. The van der Waals surface area contributed by atoms with Crippen molar-refractivity contribution >= 4 is 20.4 Å². The number of hydrogen-bond acceptors (Lipinski definition) is 9. The monoisotopic (exact) mass is 695 g/mol. The van der Waals surface area contributed by atoms with Gasteiger partial charge in [0.05, 0.1) is 24.7 Å². The maximum atomic E-state index is 13.5. The first kappa shape index (κ1) is 42.1. The summed E-state index contributed by atoms with van der Waals surface area (Å²) in [6.07, 6.45) is 7.83. The van der Waals surface area contributed by atoms with Crippen molar-refractivity contribution in [3.8, 4) is 0 Å². The number of cyclic esters (lactones) is 1. The van der Waals surface area contributed by atoms with Crippen LogP contribution in [0.3, 0.4) is 0 Å². The number of allylic oxidation sites excluding steroid dienone is 3. The molecule has 2 aliphatic heterocycles. The van der Waals surface area contributed by atoms with Crippen LogP contribution in [0.15, 0.2) is 36.0 Å². The molecule has 0 bridgehead atoms. The third kappa shape index (κ3) is 12.4. The van der Waals surface area contributed by atoms with E-state index in [-0.39, 0.29) is 53.9 Å². The lowest BCUT2D eigenvalue weighted by atomic mass is 9.88. The van der Waals surface area contributed by atoms with E-state index in [1.807, 2.05) is 73.7 Å². The first-order chi connectivity index (χ1) is 22.1. The molecule has 0 spiro atoms. The predicted octanol–water partition coefficient (Wildman–Crippen LogP) is 6.55. The van der Waals surface area contributed by atoms with E-state index in [0.29, 0.717) is 13.0 Å². The van der Waals surface area contributed by atoms with Crippen LogP contribution in [0, 0.1) is 17.8 Å². The maximum Gasteiger partial charge on any atom is 0.407 e. The van der Waals surface area contributed by atoms with Gasteiger partial charge in [-0.1, -0.05) is 72.8 Å². The van der Waals surface area contributed by atoms with Crippen LogP contribution in [0.4, 0.5) is 4.79 Å². The zero-order chi connectivity index (χ0) is 36.7. The number of alkyl carbamates (subject to hydrolysis) is 1. The lowest BCUT2D eigenvalue weighted by Crippen LogP contribution is -2.52. The number of carbonyl (C=O) groups is 2. The van der Waals surface area contributed by atoms with Crippen LogP contribution in [-0.2, 0) is 23.4 Å². The highest BCUT2D eigenvalue weighted by atomic mass is 28.4. The number of carbonyl (C=O) groups excluding carboxylic acids is 2. The summed E-state index contributed by atoms with van der Waals surface area (Å²) in [5.74, 6) is -2.56. The Morgan fingerprint density at radius 3 is 2.42 bits per heavy atom. The van der Waals surface area contributed by atoms with Gasteiger partial charge in [0, 0.05) is 24.8 Å². The molecule has 0 aromatic rings. The molecule has 48 heavy (non-hydrogen) atoms. The maximum absolute atomic E-state index is 13.5. The van der Waals surface area contributed by atoms with Crippen molar-refractivity contribution in [1.29, 1.82) is 0 Å². The number of aliphatic hydroxyl groups is 3. The molecule has 2 rings (SSSR count). The van der Waals surface area contributed by atoms with Crippen LogP contribution in [0.5, 0.6) is 0 Å². The first-order valence-electron chi connectivity index (χ1n) is 17.7. The van der Waals surface area contributed by atoms with Crippen LogP contribution in [0.25, 0.3) is 0 Å². The molecule has 11 heteroatoms. The van der Waals surface area contributed by atoms with Gasteiger partial charge >= 0.3 is 12.1 Å². The molecule has 2 aliphatic rings. The largest absolute Gasteiger partial charge is 0.457 e. The number of nitrogens with one attached hydrogen (secondary N) is 1. The van der Waals surface area contributed by atoms with Gasteiger partial charge in [-0.2, -0.15) is 0 Å². The molecule has 2 heterocycles. The number of amides is 1. The summed E-state index contributed by atoms with van der Waals surface area (Å²) in [4.78, 5) is 26.0. The summed E-state index contributed by atoms with van der Waals surface area (Å²) < 4.78 is 24.0. The van der Waals surface area contributed by atoms with Gasteiger partial charge < -0.3 is 39.3 Å². The summed E-state index contributed by atoms with van der Waals surface area (Å²) in [6, 6.07) is 0. The zero-order valence-electron chi connectivity index (χ0n) is 31.5. The second kappa shape index (κ2) is 17.3. The van der Waals surface area contributed by atoms with Crippen LogP contribution in [0.1, 0.15) is 101 Å². The van der Waals surface area contributed by atoms with E-state index < -0.39 is 50.4 Å². The van der Waals surface area contributed by atoms with E-state index in [4.69, 9.17) is 18.6 Å². The Balaban J connectivity index is 2.37. The molecule has 10 unspecified atom stereocenters. The van der Waals surface area contributed by atoms with Crippen molar-refractivity contribution in [3.05, 3.63) is 36.0 Å². The Morgan fingerprint density at radius 2 is 1.83 bits per heavy atom. The zero-order valence-corrected chi connectivity index (χ0v) is 32.5. The third-order valence-electron chi connectivity index (χ3n) is 10.2. The molecule has 276 valence electrons. The Morgan fingerprint density at radius 1 is 1.19 bits per heavy atom. The van der Waals surface area contributed by atoms with Crippen molar-refractivity contribution in [2.45, 2.75) is 161 Å². The average molecular weight is 696 g/mol. The molecule has 1 fully saturated rings. The molecule has 0 radical (unpaired) electrons. The lowest BCUT2D eigenvalue weighted by Gasteiger charge is -2.44. The van der Waals surface area contributed by atoms with E-state index in [1.165, 1.54) is 0 Å². The molecule has 0 aromatic heterocycles. The fourth-order valence-corrected chi connectivity index (χ4v) is 7.24. The Bertz CT molecular complexity index is 1160. The van der Waals surface area contributed by atoms with Gasteiger partial charge in [0.2, 0.25) is 0 Å². The van der Waals surface area contributed by atoms with Gasteiger partial charge in [-0.15, -0.1) is 0 Å². The molecule has 10 nitrogen and oxygen atoms in total. The minimum Gasteiger partial charge on any atom is -0.457 e. The number of ether oxygens (including phenoxy) is 3. The standard InChI is InChI=1S/C37H65NO9Si/c1-13-28(39)27(6)33-29(44-33)22-24(3)16-15-17-25(4)32-26(5)18-19-30(45-34(41)38-14-2)36(10,42)20-21-37(43,23-31(40)46-32)47-48(11,12)35(7,8)9/h15-19,24,26-30,32-33,39,42-43H,13-14,20-23H2,1-12H3,(H,38,41). The van der Waals surface area contributed by atoms with E-state index in [0.717, 1.165) is 12.0 Å². The minimum absolute atomic E-state index is 0.00965. The van der Waals surface area contributed by atoms with Crippen molar-refractivity contribution in [2.75, 3.05) is 6.54 Å². The van der Waals surface area contributed by atoms with Gasteiger partial charge in [-0.25, -0.2) is 4.79 Å². The highest BCUT2D eigenvalue weighted by Gasteiger charge is 2.48. The average Bonchev–Trinajstić information content (AvgIpc) is 3.73. The number of aliphatic hydroxyl groups excluding tert-OH is 1. The van der Waals surface area contributed by atoms with E-state index in [9.17, 15) is 24.9 Å². The van der Waals surface area contributed by atoms with Crippen molar-refractivity contribution in [2.24, 2.45) is 17.8 Å². The minimum atomic E-state index is -2.58. The Hall–Kier alpha value is -2.02. The van der Waals surface area contributed by atoms with Gasteiger partial charge in [0.25, 0.3) is 0 Å². The van der Waals surface area contributed by atoms with Gasteiger partial charge in [0.1, 0.15) is 11.7 Å². The fourth-order valence-electron chi connectivity index (χ4n) is 5.81. The number of hydrogen-bond donors (Lipinski definition) is 4. The van der Waals surface area contributed by atoms with Crippen LogP contribution >= 0.6 is 0 Å². The van der Waals surface area contributed by atoms with Crippen molar-refractivity contribution < 1.29 is 43.5 Å². The number of epoxide rings is 1. The van der Waals surface area contributed by atoms with Crippen LogP contribution in [-0.4, -0.2) is 84.2 Å². The van der Waals surface area contributed by atoms with Gasteiger partial charge in [0.15, 0.2) is 20.2 Å². The van der Waals surface area contributed by atoms with E-state index >= 15 is 0 Å². The smallest absolute Gasteiger partial charge is 0.407 e. The second-order valence-corrected chi connectivity index (χ2v) is 20.6. The topological polar surface area (TPSA) is 147 Å². The van der Waals surface area contributed by atoms with Crippen LogP contribution < -0.4 is 5.32 Å². The quantitative estimate of drug-likeness (QED) is 0.0446. The molecule has 0 aliphatic carbocycles. The van der Waals surface area contributed by atoms with Crippen LogP contribution in [0.2, 0.25) is 18.1 Å². The molecule has 10 atom stereocenters. The summed E-state index contributed by atoms with van der Waals surface area (Å²) in [6.45, 7) is 23.7. The third-order valence-corrected chi connectivity index (χ3v) is 14.7. The van der Waals surface area contributed by atoms with E-state index in [2.05, 4.69) is 18.3 Å². The SMILES string of the molecule is CCNC(=O)OC1C=CC(C)C(C(C)=CC=CC(C)CC2OC2C(C)C(O)CC)OC(=O)CC(O)(O[Si](C)(C)C(C)(C)C)CCC1(C)O. The summed E-state index contributed by atoms with van der Waals surface area (Å²) in [5.41, 5.74) is -0.798. The second-order valence-electron chi connectivity index (χ2n) is 15.8. The lowest BCUT2D eigenvalue weighted by molar-refractivity contribution is -0.189. The molecular weight excluding hydrogens is 630 g/mol. The fraction of sp³-hybridized carbons (Fsp3) is 0.784. The molecular formula is C37H65NO9Si. The summed E-state index contributed by atoms with van der Waals surface area (Å²) >= 11 is 0. The first-order valence-corrected chi connectivity index (χ1v) is 20.6. The molecule has 0 saturated carbocycles. The highest BCUT2D eigenvalue weighted by Crippen LogP contribution is 2.42. The Kier molecular flexibility index (Phi) is 15.2. The normalized spacial score (nSPS) is 32.9. The van der Waals surface area contributed by atoms with Crippen molar-refractivity contribution in [3.63, 3.8) is 0 Å².